The molecule has 1 saturated heterocycles. The fraction of sp³-hybridized carbons (Fsp3) is 0.250. The highest BCUT2D eigenvalue weighted by molar-refractivity contribution is 5.97. The van der Waals surface area contributed by atoms with Gasteiger partial charge in [-0.3, -0.25) is 9.59 Å². The van der Waals surface area contributed by atoms with Crippen LogP contribution in [-0.2, 0) is 4.79 Å². The predicted octanol–water partition coefficient (Wildman–Crippen LogP) is 2.67. The number of hydrogen-bond donors (Lipinski definition) is 3. The zero-order valence-corrected chi connectivity index (χ0v) is 14.9. The number of nitrogens with zero attached hydrogens (tertiary/aromatic N) is 1. The maximum absolute atomic E-state index is 12.7. The van der Waals surface area contributed by atoms with E-state index < -0.39 is 6.03 Å². The van der Waals surface area contributed by atoms with E-state index in [2.05, 4.69) is 10.6 Å². The molecule has 0 radical (unpaired) electrons. The number of anilines is 2. The summed E-state index contributed by atoms with van der Waals surface area (Å²) in [5, 5.41) is 5.38. The molecule has 0 saturated carbocycles. The molecule has 0 atom stereocenters. The number of hydrogen-bond acceptors (Lipinski definition) is 3. The van der Waals surface area contributed by atoms with Gasteiger partial charge in [0.25, 0.3) is 5.91 Å². The number of amides is 4. The molecule has 4 amide bonds. The van der Waals surface area contributed by atoms with Gasteiger partial charge in [-0.05, 0) is 43.2 Å². The lowest BCUT2D eigenvalue weighted by molar-refractivity contribution is -0.121. The largest absolute Gasteiger partial charge is 0.351 e. The topological polar surface area (TPSA) is 105 Å². The maximum Gasteiger partial charge on any atom is 0.316 e. The fourth-order valence-corrected chi connectivity index (χ4v) is 3.17. The highest BCUT2D eigenvalue weighted by Gasteiger charge is 2.28. The molecule has 0 aromatic heterocycles. The van der Waals surface area contributed by atoms with Gasteiger partial charge in [0, 0.05) is 35.9 Å². The van der Waals surface area contributed by atoms with Crippen molar-refractivity contribution in [2.45, 2.75) is 12.8 Å². The third kappa shape index (κ3) is 4.84. The van der Waals surface area contributed by atoms with Gasteiger partial charge in [0.1, 0.15) is 0 Å². The van der Waals surface area contributed by atoms with Crippen molar-refractivity contribution in [2.75, 3.05) is 23.7 Å². The lowest BCUT2D eigenvalue weighted by atomic mass is 9.95. The van der Waals surface area contributed by atoms with E-state index in [1.165, 1.54) is 0 Å². The number of primary amides is 1. The van der Waals surface area contributed by atoms with Crippen molar-refractivity contribution in [1.82, 2.24) is 4.90 Å². The number of carbonyl (C=O) groups is 3. The Labute approximate surface area is 157 Å². The van der Waals surface area contributed by atoms with E-state index >= 15 is 0 Å². The molecule has 0 spiro atoms. The van der Waals surface area contributed by atoms with Crippen LogP contribution in [0.15, 0.2) is 54.6 Å². The summed E-state index contributed by atoms with van der Waals surface area (Å²) in [7, 11) is 0. The molecular formula is C20H22N4O3. The van der Waals surface area contributed by atoms with Crippen molar-refractivity contribution < 1.29 is 14.4 Å². The molecule has 2 aromatic carbocycles. The van der Waals surface area contributed by atoms with Crippen molar-refractivity contribution in [3.63, 3.8) is 0 Å². The van der Waals surface area contributed by atoms with Crippen LogP contribution in [0.4, 0.5) is 16.2 Å². The lowest BCUT2D eigenvalue weighted by Gasteiger charge is -2.31. The maximum atomic E-state index is 12.7. The Morgan fingerprint density at radius 3 is 2.22 bits per heavy atom. The van der Waals surface area contributed by atoms with Gasteiger partial charge in [0.05, 0.1) is 0 Å². The number of piperidine rings is 1. The summed E-state index contributed by atoms with van der Waals surface area (Å²) in [5.41, 5.74) is 6.84. The quantitative estimate of drug-likeness (QED) is 0.775. The Morgan fingerprint density at radius 1 is 0.889 bits per heavy atom. The Bertz CT molecular complexity index is 830. The Kier molecular flexibility index (Phi) is 5.71. The Morgan fingerprint density at radius 2 is 1.56 bits per heavy atom. The van der Waals surface area contributed by atoms with Crippen LogP contribution in [0.3, 0.4) is 0 Å². The molecule has 1 aliphatic rings. The van der Waals surface area contributed by atoms with Crippen molar-refractivity contribution in [3.05, 3.63) is 60.2 Å². The second kappa shape index (κ2) is 8.35. The highest BCUT2D eigenvalue weighted by atomic mass is 16.2. The SMILES string of the molecule is NC(=O)Nc1cccc(C(=O)N2CCC(C(=O)Nc3ccccc3)CC2)c1. The van der Waals surface area contributed by atoms with Gasteiger partial charge in [-0.15, -0.1) is 0 Å². The summed E-state index contributed by atoms with van der Waals surface area (Å²) in [4.78, 5) is 37.8. The summed E-state index contributed by atoms with van der Waals surface area (Å²) in [6.07, 6.45) is 1.23. The molecule has 0 aliphatic carbocycles. The monoisotopic (exact) mass is 366 g/mol. The number of nitrogens with two attached hydrogens (primary N) is 1. The van der Waals surface area contributed by atoms with Crippen molar-refractivity contribution in [3.8, 4) is 0 Å². The molecule has 4 N–H and O–H groups in total. The van der Waals surface area contributed by atoms with Gasteiger partial charge < -0.3 is 21.3 Å². The molecule has 140 valence electrons. The molecule has 0 bridgehead atoms. The number of urea groups is 1. The number of benzene rings is 2. The summed E-state index contributed by atoms with van der Waals surface area (Å²) >= 11 is 0. The zero-order valence-electron chi connectivity index (χ0n) is 14.9. The van der Waals surface area contributed by atoms with E-state index in [9.17, 15) is 14.4 Å². The fourth-order valence-electron chi connectivity index (χ4n) is 3.17. The first-order chi connectivity index (χ1) is 13.0. The predicted molar refractivity (Wildman–Crippen MR) is 103 cm³/mol. The van der Waals surface area contributed by atoms with E-state index in [1.54, 1.807) is 29.2 Å². The molecule has 27 heavy (non-hydrogen) atoms. The summed E-state index contributed by atoms with van der Waals surface area (Å²) < 4.78 is 0. The van der Waals surface area contributed by atoms with Crippen LogP contribution >= 0.6 is 0 Å². The third-order valence-corrected chi connectivity index (χ3v) is 4.57. The highest BCUT2D eigenvalue weighted by Crippen LogP contribution is 2.22. The standard InChI is InChI=1S/C20H22N4O3/c21-20(27)23-17-8-4-5-15(13-17)19(26)24-11-9-14(10-12-24)18(25)22-16-6-2-1-3-7-16/h1-8,13-14H,9-12H2,(H,22,25)(H3,21,23,27). The first-order valence-corrected chi connectivity index (χ1v) is 8.84. The second-order valence-corrected chi connectivity index (χ2v) is 6.49. The third-order valence-electron chi connectivity index (χ3n) is 4.57. The van der Waals surface area contributed by atoms with E-state index in [1.807, 2.05) is 30.3 Å². The van der Waals surface area contributed by atoms with E-state index in [0.29, 0.717) is 37.2 Å². The molecule has 2 aromatic rings. The number of para-hydroxylation sites is 1. The molecule has 1 fully saturated rings. The van der Waals surface area contributed by atoms with E-state index in [-0.39, 0.29) is 17.7 Å². The first kappa shape index (κ1) is 18.4. The Hall–Kier alpha value is -3.35. The van der Waals surface area contributed by atoms with Crippen LogP contribution in [0, 0.1) is 5.92 Å². The summed E-state index contributed by atoms with van der Waals surface area (Å²) in [5.74, 6) is -0.247. The van der Waals surface area contributed by atoms with Gasteiger partial charge in [0.15, 0.2) is 0 Å². The molecule has 7 heteroatoms. The molecular weight excluding hydrogens is 344 g/mol. The van der Waals surface area contributed by atoms with Gasteiger partial charge >= 0.3 is 6.03 Å². The molecule has 1 heterocycles. The minimum absolute atomic E-state index is 0.0130. The van der Waals surface area contributed by atoms with Crippen LogP contribution in [0.25, 0.3) is 0 Å². The van der Waals surface area contributed by atoms with Gasteiger partial charge in [0.2, 0.25) is 5.91 Å². The summed E-state index contributed by atoms with van der Waals surface area (Å²) in [6, 6.07) is 15.3. The second-order valence-electron chi connectivity index (χ2n) is 6.49. The number of likely N-dealkylation sites (tertiary alicyclic amines) is 1. The average molecular weight is 366 g/mol. The van der Waals surface area contributed by atoms with Crippen LogP contribution in [0.5, 0.6) is 0 Å². The number of rotatable bonds is 4. The van der Waals surface area contributed by atoms with Gasteiger partial charge in [-0.25, -0.2) is 4.79 Å². The first-order valence-electron chi connectivity index (χ1n) is 8.84. The van der Waals surface area contributed by atoms with Crippen molar-refractivity contribution >= 4 is 29.2 Å². The molecule has 3 rings (SSSR count). The van der Waals surface area contributed by atoms with E-state index in [0.717, 1.165) is 5.69 Å². The summed E-state index contributed by atoms with van der Waals surface area (Å²) in [6.45, 7) is 1.03. The number of carbonyl (C=O) groups excluding carboxylic acids is 3. The number of nitrogens with one attached hydrogen (secondary N) is 2. The molecule has 0 unspecified atom stereocenters. The van der Waals surface area contributed by atoms with Crippen LogP contribution in [0.2, 0.25) is 0 Å². The smallest absolute Gasteiger partial charge is 0.316 e. The zero-order chi connectivity index (χ0) is 19.2. The van der Waals surface area contributed by atoms with E-state index in [4.69, 9.17) is 5.73 Å². The van der Waals surface area contributed by atoms with Crippen molar-refractivity contribution in [1.29, 1.82) is 0 Å². The normalized spacial score (nSPS) is 14.4. The molecule has 1 aliphatic heterocycles. The minimum atomic E-state index is -0.676. The van der Waals surface area contributed by atoms with Gasteiger partial charge in [-0.1, -0.05) is 24.3 Å². The van der Waals surface area contributed by atoms with Crippen LogP contribution in [-0.4, -0.2) is 35.8 Å². The van der Waals surface area contributed by atoms with Crippen LogP contribution < -0.4 is 16.4 Å². The minimum Gasteiger partial charge on any atom is -0.351 e. The van der Waals surface area contributed by atoms with Gasteiger partial charge in [-0.2, -0.15) is 0 Å². The van der Waals surface area contributed by atoms with Crippen molar-refractivity contribution in [2.24, 2.45) is 11.7 Å². The van der Waals surface area contributed by atoms with Crippen LogP contribution in [0.1, 0.15) is 23.2 Å². The average Bonchev–Trinajstić information content (AvgIpc) is 2.68. The lowest BCUT2D eigenvalue weighted by Crippen LogP contribution is -2.41. The molecule has 7 nitrogen and oxygen atoms in total. The Balaban J connectivity index is 1.56.